The summed E-state index contributed by atoms with van der Waals surface area (Å²) in [6, 6.07) is 5.92. The van der Waals surface area contributed by atoms with E-state index in [2.05, 4.69) is 17.2 Å². The van der Waals surface area contributed by atoms with E-state index >= 15 is 0 Å². The van der Waals surface area contributed by atoms with E-state index in [1.54, 1.807) is 6.20 Å². The van der Waals surface area contributed by atoms with E-state index in [4.69, 9.17) is 5.73 Å². The molecule has 0 spiro atoms. The van der Waals surface area contributed by atoms with Crippen molar-refractivity contribution in [2.24, 2.45) is 5.92 Å². The number of rotatable bonds is 3. The first-order valence-corrected chi connectivity index (χ1v) is 7.85. The monoisotopic (exact) mass is 285 g/mol. The van der Waals surface area contributed by atoms with Gasteiger partial charge in [0.25, 0.3) is 5.91 Å². The van der Waals surface area contributed by atoms with Crippen LogP contribution in [0.15, 0.2) is 24.4 Å². The highest BCUT2D eigenvalue weighted by Gasteiger charge is 2.22. The van der Waals surface area contributed by atoms with Crippen molar-refractivity contribution in [1.82, 2.24) is 10.3 Å². The summed E-state index contributed by atoms with van der Waals surface area (Å²) in [4.78, 5) is 15.6. The van der Waals surface area contributed by atoms with Gasteiger partial charge in [-0.1, -0.05) is 13.3 Å². The molecule has 0 aliphatic heterocycles. The lowest BCUT2D eigenvalue weighted by Gasteiger charge is -2.28. The molecule has 4 heteroatoms. The molecule has 1 aliphatic carbocycles. The molecule has 4 nitrogen and oxygen atoms in total. The average molecular weight is 285 g/mol. The van der Waals surface area contributed by atoms with Crippen LogP contribution in [0.1, 0.15) is 49.4 Å². The first-order valence-electron chi connectivity index (χ1n) is 7.85. The van der Waals surface area contributed by atoms with Crippen molar-refractivity contribution in [3.63, 3.8) is 0 Å². The van der Waals surface area contributed by atoms with E-state index in [9.17, 15) is 4.79 Å². The largest absolute Gasteiger partial charge is 0.399 e. The van der Waals surface area contributed by atoms with Gasteiger partial charge in [-0.05, 0) is 49.8 Å². The smallest absolute Gasteiger partial charge is 0.253 e. The molecule has 3 rings (SSSR count). The molecule has 0 atom stereocenters. The molecule has 0 bridgehead atoms. The predicted octanol–water partition coefficient (Wildman–Crippen LogP) is 3.45. The summed E-state index contributed by atoms with van der Waals surface area (Å²) in [5.74, 6) is 0.845. The Hall–Kier alpha value is -1.97. The van der Waals surface area contributed by atoms with Crippen LogP contribution in [-0.2, 0) is 0 Å². The van der Waals surface area contributed by atoms with Gasteiger partial charge in [-0.15, -0.1) is 0 Å². The van der Waals surface area contributed by atoms with Crippen LogP contribution in [0.4, 0.5) is 5.69 Å². The first-order chi connectivity index (χ1) is 10.2. The van der Waals surface area contributed by atoms with Crippen molar-refractivity contribution in [3.8, 4) is 0 Å². The Bertz CT molecular complexity index is 639. The fourth-order valence-corrected chi connectivity index (χ4v) is 3.30. The number of carbonyl (C=O) groups is 1. The number of hydrogen-bond acceptors (Lipinski definition) is 2. The third-order valence-corrected chi connectivity index (χ3v) is 4.71. The summed E-state index contributed by atoms with van der Waals surface area (Å²) in [5.41, 5.74) is 8.14. The number of amides is 1. The highest BCUT2D eigenvalue weighted by Crippen LogP contribution is 2.27. The molecular formula is C17H23N3O. The summed E-state index contributed by atoms with van der Waals surface area (Å²) < 4.78 is 0. The number of aromatic amines is 1. The lowest BCUT2D eigenvalue weighted by molar-refractivity contribution is 0.0923. The molecule has 0 unspecified atom stereocenters. The third kappa shape index (κ3) is 2.89. The molecule has 1 fully saturated rings. The second kappa shape index (κ2) is 5.80. The molecular weight excluding hydrogens is 262 g/mol. The van der Waals surface area contributed by atoms with Crippen molar-refractivity contribution >= 4 is 22.5 Å². The molecule has 1 saturated carbocycles. The Kier molecular flexibility index (Phi) is 3.86. The van der Waals surface area contributed by atoms with Crippen LogP contribution in [0.3, 0.4) is 0 Å². The van der Waals surface area contributed by atoms with Gasteiger partial charge < -0.3 is 16.0 Å². The molecule has 0 radical (unpaired) electrons. The number of aromatic nitrogens is 1. The highest BCUT2D eigenvalue weighted by atomic mass is 16.1. The van der Waals surface area contributed by atoms with Crippen LogP contribution < -0.4 is 11.1 Å². The molecule has 1 aliphatic rings. The maximum absolute atomic E-state index is 12.5. The van der Waals surface area contributed by atoms with Gasteiger partial charge in [-0.2, -0.15) is 0 Å². The van der Waals surface area contributed by atoms with Crippen LogP contribution >= 0.6 is 0 Å². The topological polar surface area (TPSA) is 70.9 Å². The van der Waals surface area contributed by atoms with Gasteiger partial charge in [0.15, 0.2) is 0 Å². The summed E-state index contributed by atoms with van der Waals surface area (Å²) in [5, 5.41) is 4.08. The Balaban J connectivity index is 1.71. The zero-order valence-electron chi connectivity index (χ0n) is 12.5. The third-order valence-electron chi connectivity index (χ3n) is 4.71. The van der Waals surface area contributed by atoms with Crippen molar-refractivity contribution in [2.75, 3.05) is 5.73 Å². The van der Waals surface area contributed by atoms with Gasteiger partial charge in [0.05, 0.1) is 5.56 Å². The minimum atomic E-state index is 0.00629. The molecule has 1 amide bonds. The number of nitrogen functional groups attached to an aromatic ring is 1. The summed E-state index contributed by atoms with van der Waals surface area (Å²) in [6.07, 6.45) is 7.66. The fourth-order valence-electron chi connectivity index (χ4n) is 3.30. The molecule has 0 saturated heterocycles. The predicted molar refractivity (Wildman–Crippen MR) is 86.2 cm³/mol. The number of hydrogen-bond donors (Lipinski definition) is 3. The van der Waals surface area contributed by atoms with Gasteiger partial charge in [0.1, 0.15) is 0 Å². The Labute approximate surface area is 125 Å². The lowest BCUT2D eigenvalue weighted by Crippen LogP contribution is -2.37. The lowest BCUT2D eigenvalue weighted by atomic mass is 9.84. The second-order valence-corrected chi connectivity index (χ2v) is 6.11. The molecule has 2 aromatic rings. The van der Waals surface area contributed by atoms with E-state index in [1.807, 2.05) is 18.2 Å². The minimum absolute atomic E-state index is 0.00629. The highest BCUT2D eigenvalue weighted by molar-refractivity contribution is 6.07. The molecule has 4 N–H and O–H groups in total. The summed E-state index contributed by atoms with van der Waals surface area (Å²) in [7, 11) is 0. The van der Waals surface area contributed by atoms with Crippen LogP contribution in [-0.4, -0.2) is 16.9 Å². The van der Waals surface area contributed by atoms with Gasteiger partial charge in [-0.3, -0.25) is 4.79 Å². The van der Waals surface area contributed by atoms with Crippen molar-refractivity contribution in [3.05, 3.63) is 30.0 Å². The number of nitrogens with one attached hydrogen (secondary N) is 2. The number of anilines is 1. The Morgan fingerprint density at radius 3 is 2.81 bits per heavy atom. The Morgan fingerprint density at radius 1 is 1.33 bits per heavy atom. The van der Waals surface area contributed by atoms with E-state index in [0.717, 1.165) is 29.7 Å². The molecule has 112 valence electrons. The van der Waals surface area contributed by atoms with Gasteiger partial charge in [0, 0.05) is 28.8 Å². The van der Waals surface area contributed by atoms with E-state index < -0.39 is 0 Å². The SMILES string of the molecule is CCC1CCC(NC(=O)c2c[nH]c3ccc(N)cc23)CC1. The zero-order chi connectivity index (χ0) is 14.8. The number of benzene rings is 1. The van der Waals surface area contributed by atoms with Crippen LogP contribution in [0.5, 0.6) is 0 Å². The van der Waals surface area contributed by atoms with E-state index in [0.29, 0.717) is 17.3 Å². The van der Waals surface area contributed by atoms with Crippen molar-refractivity contribution in [2.45, 2.75) is 45.1 Å². The summed E-state index contributed by atoms with van der Waals surface area (Å²) >= 11 is 0. The minimum Gasteiger partial charge on any atom is -0.399 e. The molecule has 1 aromatic carbocycles. The van der Waals surface area contributed by atoms with Gasteiger partial charge in [0.2, 0.25) is 0 Å². The van der Waals surface area contributed by atoms with E-state index in [1.165, 1.54) is 19.3 Å². The standard InChI is InChI=1S/C17H23N3O/c1-2-11-3-6-13(7-4-11)20-17(21)15-10-19-16-8-5-12(18)9-14(15)16/h5,8-11,13,19H,2-4,6-7,18H2,1H3,(H,20,21). The first kappa shape index (κ1) is 14.0. The van der Waals surface area contributed by atoms with Crippen molar-refractivity contribution in [1.29, 1.82) is 0 Å². The Morgan fingerprint density at radius 2 is 2.10 bits per heavy atom. The van der Waals surface area contributed by atoms with Crippen molar-refractivity contribution < 1.29 is 4.79 Å². The average Bonchev–Trinajstić information content (AvgIpc) is 2.91. The number of fused-ring (bicyclic) bond motifs is 1. The molecule has 1 aromatic heterocycles. The number of carbonyl (C=O) groups excluding carboxylic acids is 1. The molecule has 21 heavy (non-hydrogen) atoms. The van der Waals surface area contributed by atoms with Crippen LogP contribution in [0.2, 0.25) is 0 Å². The quantitative estimate of drug-likeness (QED) is 0.756. The van der Waals surface area contributed by atoms with Crippen LogP contribution in [0.25, 0.3) is 10.9 Å². The maximum atomic E-state index is 12.5. The molecule has 1 heterocycles. The van der Waals surface area contributed by atoms with Crippen LogP contribution in [0, 0.1) is 5.92 Å². The fraction of sp³-hybridized carbons (Fsp3) is 0.471. The normalized spacial score (nSPS) is 22.3. The second-order valence-electron chi connectivity index (χ2n) is 6.11. The maximum Gasteiger partial charge on any atom is 0.253 e. The number of nitrogens with two attached hydrogens (primary N) is 1. The van der Waals surface area contributed by atoms with Gasteiger partial charge >= 0.3 is 0 Å². The zero-order valence-corrected chi connectivity index (χ0v) is 12.5. The summed E-state index contributed by atoms with van der Waals surface area (Å²) in [6.45, 7) is 2.25. The van der Waals surface area contributed by atoms with E-state index in [-0.39, 0.29) is 5.91 Å². The number of H-pyrrole nitrogens is 1. The van der Waals surface area contributed by atoms with Gasteiger partial charge in [-0.25, -0.2) is 0 Å².